The first kappa shape index (κ1) is 15.5. The topological polar surface area (TPSA) is 80.0 Å². The molecule has 0 aliphatic heterocycles. The van der Waals surface area contributed by atoms with E-state index >= 15 is 0 Å². The van der Waals surface area contributed by atoms with Crippen molar-refractivity contribution in [2.24, 2.45) is 7.05 Å². The Morgan fingerprint density at radius 3 is 2.67 bits per heavy atom. The zero-order valence-corrected chi connectivity index (χ0v) is 12.9. The first-order valence-electron chi connectivity index (χ1n) is 6.58. The number of aliphatic hydroxyl groups is 1. The smallest absolute Gasteiger partial charge is 0.251 e. The number of benzene rings is 1. The van der Waals surface area contributed by atoms with Crippen molar-refractivity contribution in [2.75, 3.05) is 13.7 Å². The average Bonchev–Trinajstić information content (AvgIpc) is 2.86. The molecule has 1 heterocycles. The van der Waals surface area contributed by atoms with Gasteiger partial charge < -0.3 is 15.0 Å². The molecule has 1 aromatic heterocycles. The summed E-state index contributed by atoms with van der Waals surface area (Å²) in [5.41, 5.74) is 1.76. The maximum atomic E-state index is 11.5. The standard InChI is InChI=1S/C14H18N4O2S/c1-15-13(20)11-5-3-10(4-6-11)9-21-14-17-16-12(7-8-19)18(14)2/h3-6,19H,7-9H2,1-2H3,(H,15,20). The summed E-state index contributed by atoms with van der Waals surface area (Å²) >= 11 is 1.57. The number of rotatable bonds is 6. The Bertz CT molecular complexity index is 610. The second-order valence-electron chi connectivity index (χ2n) is 4.50. The Labute approximate surface area is 127 Å². The van der Waals surface area contributed by atoms with Crippen LogP contribution in [-0.4, -0.2) is 39.4 Å². The van der Waals surface area contributed by atoms with Crippen LogP contribution in [0.5, 0.6) is 0 Å². The molecule has 7 heteroatoms. The van der Waals surface area contributed by atoms with Crippen molar-refractivity contribution in [2.45, 2.75) is 17.3 Å². The van der Waals surface area contributed by atoms with E-state index in [1.54, 1.807) is 18.8 Å². The van der Waals surface area contributed by atoms with Crippen LogP contribution in [0.25, 0.3) is 0 Å². The summed E-state index contributed by atoms with van der Waals surface area (Å²) in [7, 11) is 3.51. The second kappa shape index (κ2) is 7.24. The molecule has 2 rings (SSSR count). The van der Waals surface area contributed by atoms with Gasteiger partial charge in [-0.1, -0.05) is 23.9 Å². The Balaban J connectivity index is 1.98. The zero-order valence-electron chi connectivity index (χ0n) is 12.0. The van der Waals surface area contributed by atoms with Gasteiger partial charge in [0.1, 0.15) is 5.82 Å². The van der Waals surface area contributed by atoms with Crippen molar-refractivity contribution in [1.29, 1.82) is 0 Å². The molecule has 2 N–H and O–H groups in total. The van der Waals surface area contributed by atoms with Gasteiger partial charge >= 0.3 is 0 Å². The summed E-state index contributed by atoms with van der Waals surface area (Å²) in [5.74, 6) is 1.44. The van der Waals surface area contributed by atoms with Crippen LogP contribution >= 0.6 is 11.8 Å². The highest BCUT2D eigenvalue weighted by molar-refractivity contribution is 7.98. The monoisotopic (exact) mass is 306 g/mol. The van der Waals surface area contributed by atoms with Crippen molar-refractivity contribution < 1.29 is 9.90 Å². The number of aromatic nitrogens is 3. The number of carbonyl (C=O) groups is 1. The predicted octanol–water partition coefficient (Wildman–Crippen LogP) is 1.00. The largest absolute Gasteiger partial charge is 0.396 e. The van der Waals surface area contributed by atoms with Crippen molar-refractivity contribution in [3.8, 4) is 0 Å². The first-order chi connectivity index (χ1) is 10.2. The minimum absolute atomic E-state index is 0.0671. The van der Waals surface area contributed by atoms with Crippen LogP contribution in [0.1, 0.15) is 21.7 Å². The minimum Gasteiger partial charge on any atom is -0.396 e. The summed E-state index contributed by atoms with van der Waals surface area (Å²) in [6.45, 7) is 0.0671. The van der Waals surface area contributed by atoms with Gasteiger partial charge in [-0.15, -0.1) is 10.2 Å². The van der Waals surface area contributed by atoms with Crippen LogP contribution in [0.3, 0.4) is 0 Å². The Morgan fingerprint density at radius 2 is 2.05 bits per heavy atom. The predicted molar refractivity (Wildman–Crippen MR) is 81.2 cm³/mol. The number of aliphatic hydroxyl groups excluding tert-OH is 1. The number of carbonyl (C=O) groups excluding carboxylic acids is 1. The van der Waals surface area contributed by atoms with Gasteiger partial charge in [-0.3, -0.25) is 4.79 Å². The SMILES string of the molecule is CNC(=O)c1ccc(CSc2nnc(CCO)n2C)cc1. The molecule has 21 heavy (non-hydrogen) atoms. The highest BCUT2D eigenvalue weighted by Gasteiger charge is 2.09. The zero-order chi connectivity index (χ0) is 15.2. The molecule has 0 saturated carbocycles. The van der Waals surface area contributed by atoms with Crippen molar-refractivity contribution in [3.63, 3.8) is 0 Å². The molecule has 0 saturated heterocycles. The number of nitrogens with one attached hydrogen (secondary N) is 1. The Morgan fingerprint density at radius 1 is 1.33 bits per heavy atom. The van der Waals surface area contributed by atoms with E-state index in [1.807, 2.05) is 35.9 Å². The lowest BCUT2D eigenvalue weighted by molar-refractivity contribution is 0.0963. The molecule has 0 unspecified atom stereocenters. The normalized spacial score (nSPS) is 10.6. The summed E-state index contributed by atoms with van der Waals surface area (Å²) < 4.78 is 1.89. The summed E-state index contributed by atoms with van der Waals surface area (Å²) in [4.78, 5) is 11.5. The third-order valence-electron chi connectivity index (χ3n) is 3.07. The van der Waals surface area contributed by atoms with Crippen LogP contribution in [0.2, 0.25) is 0 Å². The maximum Gasteiger partial charge on any atom is 0.251 e. The quantitative estimate of drug-likeness (QED) is 0.778. The number of nitrogens with zero attached hydrogens (tertiary/aromatic N) is 3. The molecule has 6 nitrogen and oxygen atoms in total. The molecule has 0 bridgehead atoms. The number of thioether (sulfide) groups is 1. The fourth-order valence-corrected chi connectivity index (χ4v) is 2.72. The third kappa shape index (κ3) is 3.83. The van der Waals surface area contributed by atoms with Crippen LogP contribution in [0, 0.1) is 0 Å². The molecule has 0 fully saturated rings. The van der Waals surface area contributed by atoms with Gasteiger partial charge in [0.2, 0.25) is 0 Å². The maximum absolute atomic E-state index is 11.5. The van der Waals surface area contributed by atoms with Crippen molar-refractivity contribution in [3.05, 3.63) is 41.2 Å². The Hall–Kier alpha value is -1.86. The van der Waals surface area contributed by atoms with E-state index in [0.29, 0.717) is 12.0 Å². The van der Waals surface area contributed by atoms with E-state index < -0.39 is 0 Å². The molecule has 0 aliphatic carbocycles. The minimum atomic E-state index is -0.0869. The van der Waals surface area contributed by atoms with Crippen LogP contribution in [-0.2, 0) is 19.2 Å². The molecule has 0 radical (unpaired) electrons. The number of hydrogen-bond donors (Lipinski definition) is 2. The lowest BCUT2D eigenvalue weighted by atomic mass is 10.1. The summed E-state index contributed by atoms with van der Waals surface area (Å²) in [5, 5.41) is 20.5. The van der Waals surface area contributed by atoms with Gasteiger partial charge in [0.15, 0.2) is 5.16 Å². The molecular weight excluding hydrogens is 288 g/mol. The summed E-state index contributed by atoms with van der Waals surface area (Å²) in [6, 6.07) is 7.48. The van der Waals surface area contributed by atoms with Gasteiger partial charge in [0.25, 0.3) is 5.91 Å². The van der Waals surface area contributed by atoms with E-state index in [-0.39, 0.29) is 12.5 Å². The van der Waals surface area contributed by atoms with Crippen LogP contribution in [0.15, 0.2) is 29.4 Å². The van der Waals surface area contributed by atoms with Gasteiger partial charge in [-0.25, -0.2) is 0 Å². The molecule has 112 valence electrons. The number of amides is 1. The van der Waals surface area contributed by atoms with Gasteiger partial charge in [0.05, 0.1) is 6.61 Å². The highest BCUT2D eigenvalue weighted by atomic mass is 32.2. The van der Waals surface area contributed by atoms with Gasteiger partial charge in [-0.2, -0.15) is 0 Å². The highest BCUT2D eigenvalue weighted by Crippen LogP contribution is 2.21. The van der Waals surface area contributed by atoms with E-state index in [0.717, 1.165) is 22.3 Å². The molecular formula is C14H18N4O2S. The fourth-order valence-electron chi connectivity index (χ4n) is 1.83. The van der Waals surface area contributed by atoms with Crippen LogP contribution in [0.4, 0.5) is 0 Å². The molecule has 0 atom stereocenters. The van der Waals surface area contributed by atoms with Crippen molar-refractivity contribution in [1.82, 2.24) is 20.1 Å². The van der Waals surface area contributed by atoms with E-state index in [2.05, 4.69) is 15.5 Å². The van der Waals surface area contributed by atoms with Crippen LogP contribution < -0.4 is 5.32 Å². The molecule has 0 spiro atoms. The fraction of sp³-hybridized carbons (Fsp3) is 0.357. The third-order valence-corrected chi connectivity index (χ3v) is 4.16. The second-order valence-corrected chi connectivity index (χ2v) is 5.44. The first-order valence-corrected chi connectivity index (χ1v) is 7.57. The molecule has 1 amide bonds. The molecule has 1 aromatic carbocycles. The van der Waals surface area contributed by atoms with E-state index in [4.69, 9.17) is 5.11 Å². The lowest BCUT2D eigenvalue weighted by Crippen LogP contribution is -2.17. The Kier molecular flexibility index (Phi) is 5.35. The molecule has 2 aromatic rings. The van der Waals surface area contributed by atoms with Gasteiger partial charge in [0, 0.05) is 31.8 Å². The average molecular weight is 306 g/mol. The van der Waals surface area contributed by atoms with E-state index in [1.165, 1.54) is 0 Å². The number of hydrogen-bond acceptors (Lipinski definition) is 5. The van der Waals surface area contributed by atoms with Gasteiger partial charge in [-0.05, 0) is 17.7 Å². The molecule has 0 aliphatic rings. The van der Waals surface area contributed by atoms with E-state index in [9.17, 15) is 4.79 Å². The van der Waals surface area contributed by atoms with Crippen molar-refractivity contribution >= 4 is 17.7 Å². The summed E-state index contributed by atoms with van der Waals surface area (Å²) in [6.07, 6.45) is 0.505. The lowest BCUT2D eigenvalue weighted by Gasteiger charge is -2.04.